The van der Waals surface area contributed by atoms with Crippen molar-refractivity contribution in [3.63, 3.8) is 0 Å². The molecule has 1 heterocycles. The van der Waals surface area contributed by atoms with Crippen molar-refractivity contribution >= 4 is 0 Å². The van der Waals surface area contributed by atoms with Crippen molar-refractivity contribution in [3.8, 4) is 11.8 Å². The fourth-order valence-corrected chi connectivity index (χ4v) is 2.04. The predicted molar refractivity (Wildman–Crippen MR) is 59.0 cm³/mol. The minimum Gasteiger partial charge on any atom is -0.493 e. The van der Waals surface area contributed by atoms with Crippen molar-refractivity contribution in [1.29, 1.82) is 5.26 Å². The number of benzene rings is 1. The van der Waals surface area contributed by atoms with Crippen LogP contribution in [0.2, 0.25) is 0 Å². The van der Waals surface area contributed by atoms with Crippen LogP contribution in [0.3, 0.4) is 0 Å². The van der Waals surface area contributed by atoms with Crippen LogP contribution < -0.4 is 4.74 Å². The van der Waals surface area contributed by atoms with Gasteiger partial charge in [0.05, 0.1) is 18.6 Å². The van der Waals surface area contributed by atoms with Gasteiger partial charge in [0.2, 0.25) is 0 Å². The molecule has 2 rings (SSSR count). The summed E-state index contributed by atoms with van der Waals surface area (Å²) < 4.78 is 5.70. The van der Waals surface area contributed by atoms with Gasteiger partial charge in [0.1, 0.15) is 5.75 Å². The average molecular weight is 201 g/mol. The second kappa shape index (κ2) is 3.94. The number of nitriles is 1. The van der Waals surface area contributed by atoms with Crippen molar-refractivity contribution < 1.29 is 4.74 Å². The molecule has 0 saturated carbocycles. The molecular formula is C13H15NO. The quantitative estimate of drug-likeness (QED) is 0.699. The second-order valence-electron chi connectivity index (χ2n) is 4.24. The third kappa shape index (κ3) is 1.70. The second-order valence-corrected chi connectivity index (χ2v) is 4.24. The Morgan fingerprint density at radius 3 is 2.93 bits per heavy atom. The zero-order valence-corrected chi connectivity index (χ0v) is 9.16. The molecule has 15 heavy (non-hydrogen) atoms. The van der Waals surface area contributed by atoms with Gasteiger partial charge in [-0.3, -0.25) is 0 Å². The summed E-state index contributed by atoms with van der Waals surface area (Å²) in [7, 11) is 0. The number of fused-ring (bicyclic) bond motifs is 1. The van der Waals surface area contributed by atoms with E-state index in [2.05, 4.69) is 26.0 Å². The summed E-state index contributed by atoms with van der Waals surface area (Å²) >= 11 is 0. The van der Waals surface area contributed by atoms with Crippen LogP contribution in [0.15, 0.2) is 18.2 Å². The van der Waals surface area contributed by atoms with Gasteiger partial charge in [0.15, 0.2) is 0 Å². The highest BCUT2D eigenvalue weighted by Gasteiger charge is 2.23. The van der Waals surface area contributed by atoms with Gasteiger partial charge in [0, 0.05) is 12.0 Å². The van der Waals surface area contributed by atoms with Crippen molar-refractivity contribution in [2.75, 3.05) is 6.61 Å². The van der Waals surface area contributed by atoms with Crippen LogP contribution in [-0.2, 0) is 0 Å². The van der Waals surface area contributed by atoms with Gasteiger partial charge in [0.25, 0.3) is 0 Å². The van der Waals surface area contributed by atoms with Crippen LogP contribution in [0.4, 0.5) is 0 Å². The van der Waals surface area contributed by atoms with Crippen LogP contribution in [0.5, 0.6) is 5.75 Å². The Labute approximate surface area is 90.5 Å². The van der Waals surface area contributed by atoms with Crippen molar-refractivity contribution in [1.82, 2.24) is 0 Å². The minimum absolute atomic E-state index is 0.00690. The number of hydrogen-bond acceptors (Lipinski definition) is 2. The molecule has 0 fully saturated rings. The first-order valence-electron chi connectivity index (χ1n) is 5.39. The lowest BCUT2D eigenvalue weighted by atomic mass is 9.89. The number of hydrogen-bond donors (Lipinski definition) is 0. The molecule has 1 aliphatic heterocycles. The van der Waals surface area contributed by atoms with E-state index in [1.165, 1.54) is 5.56 Å². The standard InChI is InChI=1S/C13H15NO/c1-9(2)11-4-3-5-12-10(8-14)6-7-15-13(11)12/h3-5,9-10H,6-7H2,1-2H3. The van der Waals surface area contributed by atoms with E-state index >= 15 is 0 Å². The molecule has 0 aliphatic carbocycles. The number of ether oxygens (including phenoxy) is 1. The Morgan fingerprint density at radius 2 is 2.27 bits per heavy atom. The zero-order valence-electron chi connectivity index (χ0n) is 9.16. The lowest BCUT2D eigenvalue weighted by Crippen LogP contribution is -2.14. The Balaban J connectivity index is 2.52. The molecule has 1 aromatic carbocycles. The Bertz CT molecular complexity index is 403. The minimum atomic E-state index is 0.00690. The van der Waals surface area contributed by atoms with E-state index in [0.29, 0.717) is 12.5 Å². The molecule has 1 unspecified atom stereocenters. The SMILES string of the molecule is CC(C)c1cccc2c1OCCC2C#N. The largest absolute Gasteiger partial charge is 0.493 e. The number of nitrogens with zero attached hydrogens (tertiary/aromatic N) is 1. The maximum atomic E-state index is 9.06. The highest BCUT2D eigenvalue weighted by Crippen LogP contribution is 2.38. The van der Waals surface area contributed by atoms with Gasteiger partial charge in [-0.1, -0.05) is 32.0 Å². The van der Waals surface area contributed by atoms with Gasteiger partial charge in [-0.15, -0.1) is 0 Å². The van der Waals surface area contributed by atoms with E-state index in [1.54, 1.807) is 0 Å². The summed E-state index contributed by atoms with van der Waals surface area (Å²) in [6, 6.07) is 8.46. The zero-order chi connectivity index (χ0) is 10.8. The monoisotopic (exact) mass is 201 g/mol. The lowest BCUT2D eigenvalue weighted by molar-refractivity contribution is 0.276. The van der Waals surface area contributed by atoms with Gasteiger partial charge < -0.3 is 4.74 Å². The summed E-state index contributed by atoms with van der Waals surface area (Å²) in [4.78, 5) is 0. The maximum Gasteiger partial charge on any atom is 0.127 e. The molecule has 0 radical (unpaired) electrons. The molecule has 0 saturated heterocycles. The van der Waals surface area contributed by atoms with Gasteiger partial charge >= 0.3 is 0 Å². The number of para-hydroxylation sites is 1. The molecule has 0 bridgehead atoms. The highest BCUT2D eigenvalue weighted by molar-refractivity contribution is 5.48. The molecule has 1 aliphatic rings. The molecule has 0 spiro atoms. The molecular weight excluding hydrogens is 186 g/mol. The summed E-state index contributed by atoms with van der Waals surface area (Å²) in [6.07, 6.45) is 0.811. The van der Waals surface area contributed by atoms with Crippen LogP contribution in [0.25, 0.3) is 0 Å². The smallest absolute Gasteiger partial charge is 0.127 e. The topological polar surface area (TPSA) is 33.0 Å². The van der Waals surface area contributed by atoms with E-state index in [1.807, 2.05) is 12.1 Å². The van der Waals surface area contributed by atoms with Crippen LogP contribution >= 0.6 is 0 Å². The molecule has 1 aromatic rings. The highest BCUT2D eigenvalue weighted by atomic mass is 16.5. The Kier molecular flexibility index (Phi) is 2.64. The fraction of sp³-hybridized carbons (Fsp3) is 0.462. The van der Waals surface area contributed by atoms with Crippen molar-refractivity contribution in [2.24, 2.45) is 0 Å². The van der Waals surface area contributed by atoms with Crippen LogP contribution in [0, 0.1) is 11.3 Å². The van der Waals surface area contributed by atoms with Gasteiger partial charge in [-0.2, -0.15) is 5.26 Å². The first-order chi connectivity index (χ1) is 7.24. The molecule has 0 amide bonds. The van der Waals surface area contributed by atoms with Crippen LogP contribution in [0.1, 0.15) is 43.2 Å². The van der Waals surface area contributed by atoms with E-state index < -0.39 is 0 Å². The number of rotatable bonds is 1. The average Bonchev–Trinajstić information content (AvgIpc) is 2.27. The van der Waals surface area contributed by atoms with Crippen molar-refractivity contribution in [2.45, 2.75) is 32.1 Å². The molecule has 1 atom stereocenters. The summed E-state index contributed by atoms with van der Waals surface area (Å²) in [5.41, 5.74) is 2.28. The molecule has 2 heteroatoms. The molecule has 0 aromatic heterocycles. The van der Waals surface area contributed by atoms with E-state index in [9.17, 15) is 0 Å². The summed E-state index contributed by atoms with van der Waals surface area (Å²) in [6.45, 7) is 4.96. The van der Waals surface area contributed by atoms with Gasteiger partial charge in [-0.05, 0) is 11.5 Å². The lowest BCUT2D eigenvalue weighted by Gasteiger charge is -2.24. The van der Waals surface area contributed by atoms with Crippen LogP contribution in [-0.4, -0.2) is 6.61 Å². The van der Waals surface area contributed by atoms with Gasteiger partial charge in [-0.25, -0.2) is 0 Å². The first-order valence-corrected chi connectivity index (χ1v) is 5.39. The van der Waals surface area contributed by atoms with E-state index in [-0.39, 0.29) is 5.92 Å². The Morgan fingerprint density at radius 1 is 1.47 bits per heavy atom. The Hall–Kier alpha value is -1.49. The maximum absolute atomic E-state index is 9.06. The van der Waals surface area contributed by atoms with Crippen molar-refractivity contribution in [3.05, 3.63) is 29.3 Å². The third-order valence-corrected chi connectivity index (χ3v) is 2.88. The normalized spacial score (nSPS) is 19.2. The molecule has 78 valence electrons. The van der Waals surface area contributed by atoms with E-state index in [4.69, 9.17) is 10.00 Å². The fourth-order valence-electron chi connectivity index (χ4n) is 2.04. The molecule has 2 nitrogen and oxygen atoms in total. The first kappa shape index (κ1) is 10.0. The molecule has 0 N–H and O–H groups in total. The predicted octanol–water partition coefficient (Wildman–Crippen LogP) is 3.20. The summed E-state index contributed by atoms with van der Waals surface area (Å²) in [5, 5.41) is 9.06. The third-order valence-electron chi connectivity index (χ3n) is 2.88. The summed E-state index contributed by atoms with van der Waals surface area (Å²) in [5.74, 6) is 1.40. The van der Waals surface area contributed by atoms with E-state index in [0.717, 1.165) is 17.7 Å².